The molecule has 1 heterocycles. The zero-order valence-corrected chi connectivity index (χ0v) is 13.1. The summed E-state index contributed by atoms with van der Waals surface area (Å²) in [6.45, 7) is 1.76. The Morgan fingerprint density at radius 1 is 1.27 bits per heavy atom. The number of allylic oxidation sites excluding steroid dienone is 4. The van der Waals surface area contributed by atoms with Crippen LogP contribution in [0.1, 0.15) is 6.92 Å². The predicted octanol–water partition coefficient (Wildman–Crippen LogP) is 1.37. The van der Waals surface area contributed by atoms with E-state index in [2.05, 4.69) is 10.6 Å². The molecule has 6 heteroatoms. The van der Waals surface area contributed by atoms with E-state index < -0.39 is 17.4 Å². The predicted molar refractivity (Wildman–Crippen MR) is 86.8 cm³/mol. The topological polar surface area (TPSA) is 75.3 Å². The normalized spacial score (nSPS) is 24.1. The first-order chi connectivity index (χ1) is 10.4. The molecule has 0 spiro atoms. The van der Waals surface area contributed by atoms with Crippen molar-refractivity contribution in [3.8, 4) is 0 Å². The molecule has 3 amide bonds. The lowest BCUT2D eigenvalue weighted by Crippen LogP contribution is -2.42. The summed E-state index contributed by atoms with van der Waals surface area (Å²) in [5.74, 6) is -1.15. The smallest absolute Gasteiger partial charge is 0.258 e. The number of carbonyl (C=O) groups is 3. The molecule has 114 valence electrons. The van der Waals surface area contributed by atoms with Gasteiger partial charge in [-0.2, -0.15) is 0 Å². The number of hydrogen-bond donors (Lipinski definition) is 2. The Labute approximate surface area is 132 Å². The number of nitrogens with one attached hydrogen (secondary N) is 2. The summed E-state index contributed by atoms with van der Waals surface area (Å²) in [6.07, 6.45) is 13.3. The van der Waals surface area contributed by atoms with Crippen molar-refractivity contribution in [3.63, 3.8) is 0 Å². The quantitative estimate of drug-likeness (QED) is 0.467. The van der Waals surface area contributed by atoms with Crippen LogP contribution in [0.15, 0.2) is 59.1 Å². The summed E-state index contributed by atoms with van der Waals surface area (Å²) in [5, 5.41) is 6.90. The number of fused-ring (bicyclic) bond motifs is 1. The van der Waals surface area contributed by atoms with Gasteiger partial charge in [0.25, 0.3) is 11.8 Å². The highest BCUT2D eigenvalue weighted by Gasteiger charge is 2.34. The molecule has 2 aliphatic rings. The molecule has 0 aromatic carbocycles. The summed E-state index contributed by atoms with van der Waals surface area (Å²) in [7, 11) is 0. The molecular weight excluding hydrogens is 300 g/mol. The number of hydrogen-bond acceptors (Lipinski definition) is 4. The van der Waals surface area contributed by atoms with Crippen LogP contribution < -0.4 is 10.6 Å². The second-order valence-corrected chi connectivity index (χ2v) is 5.72. The molecule has 1 aliphatic carbocycles. The third kappa shape index (κ3) is 3.65. The molecule has 1 saturated heterocycles. The highest BCUT2D eigenvalue weighted by atomic mass is 32.2. The van der Waals surface area contributed by atoms with Crippen LogP contribution in [0, 0.1) is 0 Å². The van der Waals surface area contributed by atoms with Gasteiger partial charge in [-0.05, 0) is 30.7 Å². The fourth-order valence-electron chi connectivity index (χ4n) is 2.14. The lowest BCUT2D eigenvalue weighted by Gasteiger charge is -2.23. The van der Waals surface area contributed by atoms with Crippen LogP contribution in [0.4, 0.5) is 0 Å². The van der Waals surface area contributed by atoms with Crippen LogP contribution >= 0.6 is 11.8 Å². The van der Waals surface area contributed by atoms with Gasteiger partial charge in [-0.3, -0.25) is 19.7 Å². The van der Waals surface area contributed by atoms with E-state index in [4.69, 9.17) is 0 Å². The van der Waals surface area contributed by atoms with Crippen LogP contribution in [0.2, 0.25) is 0 Å². The van der Waals surface area contributed by atoms with Gasteiger partial charge >= 0.3 is 0 Å². The van der Waals surface area contributed by atoms with E-state index in [1.807, 2.05) is 11.7 Å². The van der Waals surface area contributed by atoms with Gasteiger partial charge in [-0.1, -0.05) is 24.3 Å². The average Bonchev–Trinajstić information content (AvgIpc) is 2.62. The zero-order chi connectivity index (χ0) is 16.2. The van der Waals surface area contributed by atoms with Crippen molar-refractivity contribution in [2.75, 3.05) is 6.26 Å². The van der Waals surface area contributed by atoms with E-state index >= 15 is 0 Å². The van der Waals surface area contributed by atoms with Gasteiger partial charge in [0, 0.05) is 6.08 Å². The third-order valence-corrected chi connectivity index (χ3v) is 3.55. The largest absolute Gasteiger partial charge is 0.340 e. The van der Waals surface area contributed by atoms with Gasteiger partial charge in [0.1, 0.15) is 0 Å². The molecule has 2 N–H and O–H groups in total. The molecule has 0 aromatic rings. The minimum absolute atomic E-state index is 0.282. The van der Waals surface area contributed by atoms with Gasteiger partial charge in [-0.15, -0.1) is 11.8 Å². The fraction of sp³-hybridized carbons (Fsp3) is 0.188. The number of carbonyl (C=O) groups excluding carboxylic acids is 3. The van der Waals surface area contributed by atoms with E-state index in [0.29, 0.717) is 5.57 Å². The van der Waals surface area contributed by atoms with Gasteiger partial charge in [0.05, 0.1) is 16.7 Å². The molecule has 0 radical (unpaired) electrons. The third-order valence-electron chi connectivity index (χ3n) is 3.12. The van der Waals surface area contributed by atoms with Crippen molar-refractivity contribution in [1.29, 1.82) is 0 Å². The summed E-state index contributed by atoms with van der Waals surface area (Å²) in [6, 6.07) is 0. The first kappa shape index (κ1) is 16.0. The maximum Gasteiger partial charge on any atom is 0.258 e. The summed E-state index contributed by atoms with van der Waals surface area (Å²) in [4.78, 5) is 35.4. The first-order valence-corrected chi connectivity index (χ1v) is 7.90. The molecule has 0 aromatic heterocycles. The number of imide groups is 1. The maximum atomic E-state index is 11.9. The van der Waals surface area contributed by atoms with E-state index in [1.165, 1.54) is 17.8 Å². The van der Waals surface area contributed by atoms with Gasteiger partial charge in [0.2, 0.25) is 5.91 Å². The van der Waals surface area contributed by atoms with Crippen molar-refractivity contribution in [2.45, 2.75) is 12.5 Å². The highest BCUT2D eigenvalue weighted by molar-refractivity contribution is 8.01. The van der Waals surface area contributed by atoms with E-state index in [1.54, 1.807) is 43.4 Å². The Morgan fingerprint density at radius 3 is 2.73 bits per heavy atom. The molecule has 22 heavy (non-hydrogen) atoms. The van der Waals surface area contributed by atoms with Gasteiger partial charge in [0.15, 0.2) is 0 Å². The minimum Gasteiger partial charge on any atom is -0.340 e. The second-order valence-electron chi connectivity index (χ2n) is 4.98. The number of thioether (sulfide) groups is 1. The highest BCUT2D eigenvalue weighted by Crippen LogP contribution is 2.25. The number of rotatable bonds is 4. The Kier molecular flexibility index (Phi) is 4.82. The Morgan fingerprint density at radius 2 is 2.00 bits per heavy atom. The monoisotopic (exact) mass is 316 g/mol. The SMILES string of the molecule is CS/C=C\C=C\C(=O)NC1(C)C=CC=C2C(=O)NC(=O)C2=C1. The molecule has 5 nitrogen and oxygen atoms in total. The molecule has 1 unspecified atom stereocenters. The number of amides is 3. The van der Waals surface area contributed by atoms with Crippen LogP contribution in [0.3, 0.4) is 0 Å². The molecule has 1 aliphatic heterocycles. The van der Waals surface area contributed by atoms with Gasteiger partial charge in [-0.25, -0.2) is 0 Å². The van der Waals surface area contributed by atoms with Crippen molar-refractivity contribution < 1.29 is 14.4 Å². The molecule has 2 rings (SSSR count). The Balaban J connectivity index is 2.17. The van der Waals surface area contributed by atoms with E-state index in [0.717, 1.165) is 0 Å². The molecular formula is C16H16N2O3S. The van der Waals surface area contributed by atoms with Crippen LogP contribution in [0.25, 0.3) is 0 Å². The van der Waals surface area contributed by atoms with Crippen molar-refractivity contribution >= 4 is 29.5 Å². The fourth-order valence-corrected chi connectivity index (χ4v) is 2.38. The Bertz CT molecular complexity index is 671. The molecule has 1 fully saturated rings. The van der Waals surface area contributed by atoms with Crippen LogP contribution in [-0.2, 0) is 14.4 Å². The summed E-state index contributed by atoms with van der Waals surface area (Å²) in [5.41, 5.74) is -0.248. The summed E-state index contributed by atoms with van der Waals surface area (Å²) < 4.78 is 0. The van der Waals surface area contributed by atoms with Crippen LogP contribution in [0.5, 0.6) is 0 Å². The molecule has 0 saturated carbocycles. The second kappa shape index (κ2) is 6.62. The van der Waals surface area contributed by atoms with E-state index in [9.17, 15) is 14.4 Å². The maximum absolute atomic E-state index is 11.9. The van der Waals surface area contributed by atoms with Crippen molar-refractivity contribution in [3.05, 3.63) is 59.1 Å². The standard InChI is InChI=1S/C16H16N2O3S/c1-16(18-13(19)7-3-4-9-22-2)8-5-6-11-12(10-16)15(21)17-14(11)20/h3-10H,1-2H3,(H,18,19)(H,17,20,21)/b7-3+,9-4-. The summed E-state index contributed by atoms with van der Waals surface area (Å²) >= 11 is 1.53. The van der Waals surface area contributed by atoms with Crippen molar-refractivity contribution in [1.82, 2.24) is 10.6 Å². The zero-order valence-electron chi connectivity index (χ0n) is 12.3. The Hall–Kier alpha value is -2.34. The minimum atomic E-state index is -0.847. The van der Waals surface area contributed by atoms with Gasteiger partial charge < -0.3 is 5.32 Å². The van der Waals surface area contributed by atoms with Crippen molar-refractivity contribution in [2.24, 2.45) is 0 Å². The molecule has 0 bridgehead atoms. The lowest BCUT2D eigenvalue weighted by molar-refractivity contribution is -0.123. The average molecular weight is 316 g/mol. The molecule has 1 atom stereocenters. The first-order valence-electron chi connectivity index (χ1n) is 6.62. The lowest BCUT2D eigenvalue weighted by atomic mass is 9.97. The van der Waals surface area contributed by atoms with Crippen LogP contribution in [-0.4, -0.2) is 29.5 Å². The van der Waals surface area contributed by atoms with E-state index in [-0.39, 0.29) is 11.5 Å².